The molecule has 0 spiro atoms. The molecule has 0 radical (unpaired) electrons. The van der Waals surface area contributed by atoms with E-state index < -0.39 is 5.97 Å². The van der Waals surface area contributed by atoms with E-state index in [-0.39, 0.29) is 6.10 Å². The molecular formula is C13H16N2O3. The number of esters is 1. The Balaban J connectivity index is 2.36. The zero-order valence-electron chi connectivity index (χ0n) is 10.7. The van der Waals surface area contributed by atoms with Gasteiger partial charge in [-0.1, -0.05) is 6.07 Å². The van der Waals surface area contributed by atoms with E-state index >= 15 is 0 Å². The molecule has 2 heterocycles. The summed E-state index contributed by atoms with van der Waals surface area (Å²) in [4.78, 5) is 15.8. The molecule has 5 nitrogen and oxygen atoms in total. The minimum absolute atomic E-state index is 0.00263. The molecule has 0 aromatic carbocycles. The van der Waals surface area contributed by atoms with Gasteiger partial charge in [0.1, 0.15) is 5.65 Å². The number of imidazole rings is 1. The van der Waals surface area contributed by atoms with Crippen LogP contribution in [0.4, 0.5) is 0 Å². The van der Waals surface area contributed by atoms with Gasteiger partial charge in [0.15, 0.2) is 5.69 Å². The van der Waals surface area contributed by atoms with E-state index in [9.17, 15) is 4.79 Å². The van der Waals surface area contributed by atoms with Crippen LogP contribution < -0.4 is 0 Å². The molecule has 1 unspecified atom stereocenters. The first-order valence-electron chi connectivity index (χ1n) is 5.84. The van der Waals surface area contributed by atoms with Crippen LogP contribution >= 0.6 is 0 Å². The van der Waals surface area contributed by atoms with Gasteiger partial charge in [-0.15, -0.1) is 0 Å². The SMILES string of the molecule is CCOC(=O)c1cn2cc(C(C)OC)ccc2n1. The average molecular weight is 248 g/mol. The molecule has 96 valence electrons. The fourth-order valence-corrected chi connectivity index (χ4v) is 1.69. The Morgan fingerprint density at radius 3 is 2.89 bits per heavy atom. The molecule has 0 aliphatic carbocycles. The molecular weight excluding hydrogens is 232 g/mol. The number of rotatable bonds is 4. The van der Waals surface area contributed by atoms with Crippen molar-refractivity contribution in [2.75, 3.05) is 13.7 Å². The van der Waals surface area contributed by atoms with Crippen LogP contribution in [-0.4, -0.2) is 29.1 Å². The van der Waals surface area contributed by atoms with E-state index in [2.05, 4.69) is 4.98 Å². The van der Waals surface area contributed by atoms with Crippen molar-refractivity contribution in [3.05, 3.63) is 35.8 Å². The Bertz CT molecular complexity index is 562. The summed E-state index contributed by atoms with van der Waals surface area (Å²) in [5.41, 5.74) is 2.06. The monoisotopic (exact) mass is 248 g/mol. The van der Waals surface area contributed by atoms with Crippen LogP contribution in [0.3, 0.4) is 0 Å². The summed E-state index contributed by atoms with van der Waals surface area (Å²) in [6, 6.07) is 3.79. The maximum absolute atomic E-state index is 11.6. The van der Waals surface area contributed by atoms with Crippen LogP contribution in [0.5, 0.6) is 0 Å². The first-order chi connectivity index (χ1) is 8.65. The number of nitrogens with zero attached hydrogens (tertiary/aromatic N) is 2. The molecule has 18 heavy (non-hydrogen) atoms. The van der Waals surface area contributed by atoms with Crippen molar-refractivity contribution in [1.29, 1.82) is 0 Å². The van der Waals surface area contributed by atoms with Crippen LogP contribution in [0.15, 0.2) is 24.5 Å². The van der Waals surface area contributed by atoms with Gasteiger partial charge >= 0.3 is 5.97 Å². The van der Waals surface area contributed by atoms with Gasteiger partial charge in [0, 0.05) is 19.5 Å². The minimum Gasteiger partial charge on any atom is -0.461 e. The number of ether oxygens (including phenoxy) is 2. The van der Waals surface area contributed by atoms with Crippen molar-refractivity contribution in [3.63, 3.8) is 0 Å². The van der Waals surface area contributed by atoms with E-state index in [1.165, 1.54) is 0 Å². The van der Waals surface area contributed by atoms with Gasteiger partial charge in [0.2, 0.25) is 0 Å². The standard InChI is InChI=1S/C13H16N2O3/c1-4-18-13(16)11-8-15-7-10(9(2)17-3)5-6-12(15)14-11/h5-9H,4H2,1-3H3. The maximum Gasteiger partial charge on any atom is 0.358 e. The van der Waals surface area contributed by atoms with Crippen molar-refractivity contribution in [2.45, 2.75) is 20.0 Å². The Morgan fingerprint density at radius 2 is 2.22 bits per heavy atom. The topological polar surface area (TPSA) is 52.8 Å². The third-order valence-electron chi connectivity index (χ3n) is 2.78. The normalized spacial score (nSPS) is 12.6. The number of hydrogen-bond acceptors (Lipinski definition) is 4. The second-order valence-corrected chi connectivity index (χ2v) is 3.95. The molecule has 0 amide bonds. The maximum atomic E-state index is 11.6. The number of methoxy groups -OCH3 is 1. The first kappa shape index (κ1) is 12.6. The lowest BCUT2D eigenvalue weighted by atomic mass is 10.2. The summed E-state index contributed by atoms with van der Waals surface area (Å²) >= 11 is 0. The highest BCUT2D eigenvalue weighted by Gasteiger charge is 2.12. The molecule has 0 bridgehead atoms. The Hall–Kier alpha value is -1.88. The van der Waals surface area contributed by atoms with E-state index in [4.69, 9.17) is 9.47 Å². The zero-order valence-corrected chi connectivity index (χ0v) is 10.7. The lowest BCUT2D eigenvalue weighted by Crippen LogP contribution is -2.04. The van der Waals surface area contributed by atoms with E-state index in [0.29, 0.717) is 17.9 Å². The highest BCUT2D eigenvalue weighted by atomic mass is 16.5. The Labute approximate surface area is 105 Å². The molecule has 0 aliphatic heterocycles. The molecule has 0 saturated heterocycles. The quantitative estimate of drug-likeness (QED) is 0.778. The molecule has 0 aliphatic rings. The second kappa shape index (κ2) is 5.18. The summed E-state index contributed by atoms with van der Waals surface area (Å²) < 4.78 is 12.0. The number of fused-ring (bicyclic) bond motifs is 1. The highest BCUT2D eigenvalue weighted by molar-refractivity contribution is 5.87. The predicted molar refractivity (Wildman–Crippen MR) is 66.6 cm³/mol. The van der Waals surface area contributed by atoms with Gasteiger partial charge in [-0.05, 0) is 25.5 Å². The molecule has 2 aromatic heterocycles. The molecule has 1 atom stereocenters. The lowest BCUT2D eigenvalue weighted by molar-refractivity contribution is 0.0520. The van der Waals surface area contributed by atoms with Crippen LogP contribution in [0.25, 0.3) is 5.65 Å². The van der Waals surface area contributed by atoms with Crippen LogP contribution in [0, 0.1) is 0 Å². The largest absolute Gasteiger partial charge is 0.461 e. The molecule has 0 fully saturated rings. The van der Waals surface area contributed by atoms with E-state index in [1.54, 1.807) is 24.6 Å². The molecule has 0 N–H and O–H groups in total. The minimum atomic E-state index is -0.400. The summed E-state index contributed by atoms with van der Waals surface area (Å²) in [5.74, 6) is -0.400. The summed E-state index contributed by atoms with van der Waals surface area (Å²) in [7, 11) is 1.66. The fourth-order valence-electron chi connectivity index (χ4n) is 1.69. The number of pyridine rings is 1. The first-order valence-corrected chi connectivity index (χ1v) is 5.84. The van der Waals surface area contributed by atoms with E-state index in [0.717, 1.165) is 5.56 Å². The number of aromatic nitrogens is 2. The fraction of sp³-hybridized carbons (Fsp3) is 0.385. The van der Waals surface area contributed by atoms with E-state index in [1.807, 2.05) is 25.3 Å². The van der Waals surface area contributed by atoms with Gasteiger partial charge in [-0.3, -0.25) is 0 Å². The molecule has 2 aromatic rings. The highest BCUT2D eigenvalue weighted by Crippen LogP contribution is 2.17. The summed E-state index contributed by atoms with van der Waals surface area (Å²) in [6.07, 6.45) is 3.57. The number of carbonyl (C=O) groups is 1. The summed E-state index contributed by atoms with van der Waals surface area (Å²) in [5, 5.41) is 0. The molecule has 5 heteroatoms. The Morgan fingerprint density at radius 1 is 1.44 bits per heavy atom. The smallest absolute Gasteiger partial charge is 0.358 e. The second-order valence-electron chi connectivity index (χ2n) is 3.95. The zero-order chi connectivity index (χ0) is 13.1. The van der Waals surface area contributed by atoms with Crippen LogP contribution in [0.2, 0.25) is 0 Å². The summed E-state index contributed by atoms with van der Waals surface area (Å²) in [6.45, 7) is 4.08. The van der Waals surface area contributed by atoms with Crippen LogP contribution in [-0.2, 0) is 9.47 Å². The predicted octanol–water partition coefficient (Wildman–Crippen LogP) is 2.22. The van der Waals surface area contributed by atoms with Gasteiger partial charge in [-0.2, -0.15) is 0 Å². The van der Waals surface area contributed by atoms with Gasteiger partial charge in [0.05, 0.1) is 12.7 Å². The average Bonchev–Trinajstić information content (AvgIpc) is 2.80. The third-order valence-corrected chi connectivity index (χ3v) is 2.78. The van der Waals surface area contributed by atoms with Gasteiger partial charge in [-0.25, -0.2) is 9.78 Å². The molecule has 0 saturated carbocycles. The number of carbonyl (C=O) groups excluding carboxylic acids is 1. The Kier molecular flexibility index (Phi) is 3.62. The van der Waals surface area contributed by atoms with Crippen molar-refractivity contribution in [2.24, 2.45) is 0 Å². The number of hydrogen-bond donors (Lipinski definition) is 0. The van der Waals surface area contributed by atoms with Crippen molar-refractivity contribution >= 4 is 11.6 Å². The lowest BCUT2D eigenvalue weighted by Gasteiger charge is -2.09. The third kappa shape index (κ3) is 2.36. The van der Waals surface area contributed by atoms with Crippen molar-refractivity contribution in [3.8, 4) is 0 Å². The van der Waals surface area contributed by atoms with Gasteiger partial charge < -0.3 is 13.9 Å². The van der Waals surface area contributed by atoms with Crippen molar-refractivity contribution < 1.29 is 14.3 Å². The van der Waals surface area contributed by atoms with Crippen LogP contribution in [0.1, 0.15) is 36.0 Å². The van der Waals surface area contributed by atoms with Gasteiger partial charge in [0.25, 0.3) is 0 Å². The van der Waals surface area contributed by atoms with Crippen molar-refractivity contribution in [1.82, 2.24) is 9.38 Å². The molecule has 2 rings (SSSR count).